The van der Waals surface area contributed by atoms with Crippen molar-refractivity contribution in [3.8, 4) is 0 Å². The smallest absolute Gasteiger partial charge is 0.494 e. The van der Waals surface area contributed by atoms with Gasteiger partial charge in [-0.15, -0.1) is 0 Å². The van der Waals surface area contributed by atoms with Gasteiger partial charge in [0.25, 0.3) is 0 Å². The minimum atomic E-state index is -0.964. The highest BCUT2D eigenvalue weighted by Crippen LogP contribution is 2.19. The summed E-state index contributed by atoms with van der Waals surface area (Å²) in [5.74, 6) is -0.788. The third kappa shape index (κ3) is 4.41. The number of likely N-dealkylation sites (N-methyl/N-ethyl adjacent to an activating group) is 1. The second-order valence-corrected chi connectivity index (χ2v) is 7.14. The Morgan fingerprint density at radius 2 is 1.88 bits per heavy atom. The molecule has 7 heteroatoms. The summed E-state index contributed by atoms with van der Waals surface area (Å²) >= 11 is 0. The zero-order valence-electron chi connectivity index (χ0n) is 15.2. The van der Waals surface area contributed by atoms with E-state index in [9.17, 15) is 9.59 Å². The highest BCUT2D eigenvalue weighted by Gasteiger charge is 2.35. The van der Waals surface area contributed by atoms with Crippen molar-refractivity contribution < 1.29 is 18.9 Å². The molecule has 6 nitrogen and oxygen atoms in total. The maximum atomic E-state index is 11.9. The molecule has 1 atom stereocenters. The summed E-state index contributed by atoms with van der Waals surface area (Å²) in [6, 6.07) is 6.64. The van der Waals surface area contributed by atoms with Crippen molar-refractivity contribution in [1.82, 2.24) is 9.80 Å². The van der Waals surface area contributed by atoms with E-state index in [0.29, 0.717) is 6.04 Å². The number of rotatable bonds is 3. The van der Waals surface area contributed by atoms with Gasteiger partial charge in [-0.1, -0.05) is 18.2 Å². The molecule has 3 rings (SSSR count). The first-order chi connectivity index (χ1) is 11.9. The van der Waals surface area contributed by atoms with E-state index in [0.717, 1.165) is 24.1 Å². The third-order valence-electron chi connectivity index (χ3n) is 4.94. The standard InChI is InChI=1S/C18H25BN2O4/c1-13-9-15(10-21-8-4-5-14(21)2)6-7-16(13)19-24-17(22)11-20(3)12-18(23)25-19/h6-7,9,14H,4-5,8,10-12H2,1-3H3/t14-/m1/s1. The first-order valence-corrected chi connectivity index (χ1v) is 8.83. The second kappa shape index (κ2) is 7.58. The molecule has 1 aromatic carbocycles. The average Bonchev–Trinajstić information content (AvgIpc) is 2.90. The Morgan fingerprint density at radius 3 is 2.44 bits per heavy atom. The monoisotopic (exact) mass is 344 g/mol. The van der Waals surface area contributed by atoms with Crippen LogP contribution >= 0.6 is 0 Å². The van der Waals surface area contributed by atoms with Gasteiger partial charge in [-0.25, -0.2) is 0 Å². The quantitative estimate of drug-likeness (QED) is 0.753. The molecule has 0 radical (unpaired) electrons. The molecule has 0 amide bonds. The fourth-order valence-electron chi connectivity index (χ4n) is 3.52. The summed E-state index contributed by atoms with van der Waals surface area (Å²) in [4.78, 5) is 27.9. The van der Waals surface area contributed by atoms with E-state index in [-0.39, 0.29) is 13.1 Å². The van der Waals surface area contributed by atoms with E-state index in [2.05, 4.69) is 17.9 Å². The van der Waals surface area contributed by atoms with Gasteiger partial charge in [0, 0.05) is 18.0 Å². The van der Waals surface area contributed by atoms with Crippen molar-refractivity contribution in [3.63, 3.8) is 0 Å². The number of likely N-dealkylation sites (tertiary alicyclic amines) is 1. The normalized spacial score (nSPS) is 23.2. The molecule has 2 heterocycles. The van der Waals surface area contributed by atoms with Crippen LogP contribution in [-0.2, 0) is 25.4 Å². The number of hydrogen-bond acceptors (Lipinski definition) is 6. The van der Waals surface area contributed by atoms with Crippen molar-refractivity contribution in [1.29, 1.82) is 0 Å². The van der Waals surface area contributed by atoms with Crippen LogP contribution in [0, 0.1) is 6.92 Å². The maximum absolute atomic E-state index is 11.9. The largest absolute Gasteiger partial charge is 0.636 e. The van der Waals surface area contributed by atoms with E-state index in [1.807, 2.05) is 19.1 Å². The van der Waals surface area contributed by atoms with E-state index >= 15 is 0 Å². The van der Waals surface area contributed by atoms with Crippen LogP contribution in [0.5, 0.6) is 0 Å². The lowest BCUT2D eigenvalue weighted by Gasteiger charge is -2.24. The summed E-state index contributed by atoms with van der Waals surface area (Å²) in [5.41, 5.74) is 2.91. The summed E-state index contributed by atoms with van der Waals surface area (Å²) < 4.78 is 10.7. The van der Waals surface area contributed by atoms with Crippen LogP contribution in [0.2, 0.25) is 0 Å². The molecule has 25 heavy (non-hydrogen) atoms. The molecule has 1 aromatic rings. The Balaban J connectivity index is 1.75. The van der Waals surface area contributed by atoms with Gasteiger partial charge in [-0.05, 0) is 51.4 Å². The zero-order chi connectivity index (χ0) is 18.0. The fourth-order valence-corrected chi connectivity index (χ4v) is 3.52. The molecule has 0 spiro atoms. The van der Waals surface area contributed by atoms with Crippen molar-refractivity contribution in [3.05, 3.63) is 29.3 Å². The van der Waals surface area contributed by atoms with Crippen LogP contribution in [0.3, 0.4) is 0 Å². The van der Waals surface area contributed by atoms with Crippen molar-refractivity contribution in [2.24, 2.45) is 0 Å². The van der Waals surface area contributed by atoms with Gasteiger partial charge in [0.1, 0.15) is 0 Å². The summed E-state index contributed by atoms with van der Waals surface area (Å²) in [5, 5.41) is 0. The zero-order valence-corrected chi connectivity index (χ0v) is 15.2. The lowest BCUT2D eigenvalue weighted by Crippen LogP contribution is -2.48. The summed E-state index contributed by atoms with van der Waals surface area (Å²) in [6.07, 6.45) is 2.50. The highest BCUT2D eigenvalue weighted by molar-refractivity contribution is 6.65. The number of carbonyl (C=O) groups is 2. The summed E-state index contributed by atoms with van der Waals surface area (Å²) in [6.45, 7) is 6.42. The molecule has 0 N–H and O–H groups in total. The molecule has 2 aliphatic heterocycles. The number of benzene rings is 1. The van der Waals surface area contributed by atoms with Crippen LogP contribution in [0.25, 0.3) is 0 Å². The van der Waals surface area contributed by atoms with Crippen LogP contribution in [-0.4, -0.2) is 61.6 Å². The van der Waals surface area contributed by atoms with Crippen LogP contribution in [0.1, 0.15) is 30.9 Å². The minimum Gasteiger partial charge on any atom is -0.494 e. The number of aryl methyl sites for hydroxylation is 1. The number of carbonyl (C=O) groups excluding carboxylic acids is 2. The van der Waals surface area contributed by atoms with Gasteiger partial charge in [0.05, 0.1) is 13.1 Å². The molecular weight excluding hydrogens is 319 g/mol. The Bertz CT molecular complexity index is 646. The van der Waals surface area contributed by atoms with E-state index in [1.54, 1.807) is 11.9 Å². The molecule has 2 fully saturated rings. The molecule has 0 bridgehead atoms. The lowest BCUT2D eigenvalue weighted by molar-refractivity contribution is -0.145. The van der Waals surface area contributed by atoms with Gasteiger partial charge < -0.3 is 9.31 Å². The Morgan fingerprint density at radius 1 is 1.20 bits per heavy atom. The van der Waals surface area contributed by atoms with E-state index in [1.165, 1.54) is 18.4 Å². The van der Waals surface area contributed by atoms with Crippen molar-refractivity contribution >= 4 is 24.5 Å². The predicted octanol–water partition coefficient (Wildman–Crippen LogP) is 0.706. The topological polar surface area (TPSA) is 59.1 Å². The van der Waals surface area contributed by atoms with Gasteiger partial charge >= 0.3 is 19.1 Å². The SMILES string of the molecule is Cc1cc(CN2CCC[C@H]2C)ccc1B1OC(=O)CN(C)CC(=O)O1. The first kappa shape index (κ1) is 18.0. The van der Waals surface area contributed by atoms with E-state index in [4.69, 9.17) is 9.31 Å². The molecule has 134 valence electrons. The van der Waals surface area contributed by atoms with Crippen LogP contribution in [0.15, 0.2) is 18.2 Å². The predicted molar refractivity (Wildman–Crippen MR) is 95.4 cm³/mol. The van der Waals surface area contributed by atoms with Gasteiger partial charge in [-0.2, -0.15) is 0 Å². The van der Waals surface area contributed by atoms with Gasteiger partial charge in [0.15, 0.2) is 0 Å². The minimum absolute atomic E-state index is 0.0789. The van der Waals surface area contributed by atoms with Gasteiger partial charge in [-0.3, -0.25) is 19.4 Å². The molecule has 2 aliphatic rings. The lowest BCUT2D eigenvalue weighted by atomic mass is 9.75. The Labute approximate surface area is 149 Å². The van der Waals surface area contributed by atoms with E-state index < -0.39 is 19.1 Å². The average molecular weight is 344 g/mol. The second-order valence-electron chi connectivity index (χ2n) is 7.14. The van der Waals surface area contributed by atoms with Crippen LogP contribution < -0.4 is 5.46 Å². The molecule has 0 saturated carbocycles. The molecule has 0 aromatic heterocycles. The number of hydrogen-bond donors (Lipinski definition) is 0. The highest BCUT2D eigenvalue weighted by atomic mass is 16.6. The maximum Gasteiger partial charge on any atom is 0.636 e. The molecular formula is C18H25BN2O4. The first-order valence-electron chi connectivity index (χ1n) is 8.83. The fraction of sp³-hybridized carbons (Fsp3) is 0.556. The molecule has 2 saturated heterocycles. The van der Waals surface area contributed by atoms with Gasteiger partial charge in [0.2, 0.25) is 0 Å². The summed E-state index contributed by atoms with van der Waals surface area (Å²) in [7, 11) is 0.718. The molecule has 0 aliphatic carbocycles. The Kier molecular flexibility index (Phi) is 5.44. The Hall–Kier alpha value is -1.86. The third-order valence-corrected chi connectivity index (χ3v) is 4.94. The van der Waals surface area contributed by atoms with Crippen molar-refractivity contribution in [2.45, 2.75) is 39.3 Å². The molecule has 0 unspecified atom stereocenters. The van der Waals surface area contributed by atoms with Crippen LogP contribution in [0.4, 0.5) is 0 Å². The van der Waals surface area contributed by atoms with Crippen molar-refractivity contribution in [2.75, 3.05) is 26.7 Å². The number of nitrogens with zero attached hydrogens (tertiary/aromatic N) is 2.